The fourth-order valence-electron chi connectivity index (χ4n) is 3.40. The molecule has 0 saturated heterocycles. The number of nitrogens with zero attached hydrogens (tertiary/aromatic N) is 2. The van der Waals surface area contributed by atoms with Gasteiger partial charge in [0.2, 0.25) is 0 Å². The van der Waals surface area contributed by atoms with Crippen molar-refractivity contribution in [2.75, 3.05) is 12.4 Å². The van der Waals surface area contributed by atoms with E-state index in [1.165, 1.54) is 22.2 Å². The van der Waals surface area contributed by atoms with Crippen molar-refractivity contribution in [3.8, 4) is 16.5 Å². The summed E-state index contributed by atoms with van der Waals surface area (Å²) < 4.78 is 5.05. The van der Waals surface area contributed by atoms with E-state index in [1.807, 2.05) is 23.6 Å². The van der Waals surface area contributed by atoms with Crippen molar-refractivity contribution in [2.24, 2.45) is 0 Å². The highest BCUT2D eigenvalue weighted by Gasteiger charge is 2.28. The van der Waals surface area contributed by atoms with Crippen LogP contribution < -0.4 is 0 Å². The zero-order chi connectivity index (χ0) is 20.2. The summed E-state index contributed by atoms with van der Waals surface area (Å²) in [6.45, 7) is 2.13. The first-order valence-corrected chi connectivity index (χ1v) is 12.0. The van der Waals surface area contributed by atoms with Crippen LogP contribution in [0.15, 0.2) is 40.1 Å². The lowest BCUT2D eigenvalue weighted by Gasteiger charge is -2.13. The topological polar surface area (TPSA) is 63.0 Å². The summed E-state index contributed by atoms with van der Waals surface area (Å²) in [5, 5.41) is 14.6. The number of nitriles is 1. The summed E-state index contributed by atoms with van der Waals surface area (Å²) in [5.41, 5.74) is 4.79. The number of aromatic nitrogens is 1. The van der Waals surface area contributed by atoms with Gasteiger partial charge in [-0.25, -0.2) is 4.98 Å². The molecule has 0 radical (unpaired) electrons. The molecular weight excluding hydrogens is 420 g/mol. The highest BCUT2D eigenvalue weighted by molar-refractivity contribution is 7.99. The lowest BCUT2D eigenvalue weighted by Crippen LogP contribution is -2.08. The number of esters is 1. The summed E-state index contributed by atoms with van der Waals surface area (Å²) in [6.07, 6.45) is 3.95. The van der Waals surface area contributed by atoms with Crippen molar-refractivity contribution in [1.29, 1.82) is 5.26 Å². The van der Waals surface area contributed by atoms with Crippen molar-refractivity contribution < 1.29 is 9.53 Å². The predicted octanol–water partition coefficient (Wildman–Crippen LogP) is 5.89. The van der Waals surface area contributed by atoms with Gasteiger partial charge in [-0.3, -0.25) is 4.79 Å². The number of hydrogen-bond acceptors (Lipinski definition) is 7. The van der Waals surface area contributed by atoms with Gasteiger partial charge in [0.05, 0.1) is 23.6 Å². The van der Waals surface area contributed by atoms with Gasteiger partial charge >= 0.3 is 5.97 Å². The van der Waals surface area contributed by atoms with Gasteiger partial charge < -0.3 is 4.74 Å². The van der Waals surface area contributed by atoms with E-state index in [9.17, 15) is 10.1 Å². The van der Waals surface area contributed by atoms with E-state index < -0.39 is 0 Å². The fraction of sp³-hybridized carbons (Fsp3) is 0.227. The number of carbonyl (C=O) groups excluding carboxylic acids is 1. The number of rotatable bonds is 6. The van der Waals surface area contributed by atoms with Crippen molar-refractivity contribution >= 4 is 52.1 Å². The van der Waals surface area contributed by atoms with Crippen LogP contribution in [-0.2, 0) is 16.0 Å². The van der Waals surface area contributed by atoms with E-state index in [0.717, 1.165) is 34.5 Å². The molecule has 0 amide bonds. The molecule has 0 aliphatic heterocycles. The minimum Gasteiger partial charge on any atom is -0.465 e. The summed E-state index contributed by atoms with van der Waals surface area (Å²) in [5.74, 6) is -0.155. The lowest BCUT2D eigenvalue weighted by atomic mass is 10.0. The van der Waals surface area contributed by atoms with Gasteiger partial charge in [-0.2, -0.15) is 5.26 Å². The molecule has 1 aliphatic carbocycles. The van der Waals surface area contributed by atoms with Crippen molar-refractivity contribution in [3.05, 3.63) is 56.7 Å². The molecule has 0 N–H and O–H groups in total. The smallest absolute Gasteiger partial charge is 0.316 e. The van der Waals surface area contributed by atoms with Gasteiger partial charge in [0, 0.05) is 15.3 Å². The Morgan fingerprint density at radius 2 is 2.14 bits per heavy atom. The first kappa shape index (κ1) is 19.9. The Labute approximate surface area is 181 Å². The molecule has 3 aromatic heterocycles. The Morgan fingerprint density at radius 1 is 1.31 bits per heavy atom. The average molecular weight is 439 g/mol. The Kier molecular flexibility index (Phi) is 6.14. The summed E-state index contributed by atoms with van der Waals surface area (Å²) in [7, 11) is 0. The molecule has 29 heavy (non-hydrogen) atoms. The van der Waals surface area contributed by atoms with E-state index in [0.29, 0.717) is 17.2 Å². The molecule has 3 aromatic rings. The van der Waals surface area contributed by atoms with E-state index in [-0.39, 0.29) is 11.7 Å². The average Bonchev–Trinajstić information content (AvgIpc) is 3.48. The van der Waals surface area contributed by atoms with Gasteiger partial charge in [-0.05, 0) is 59.9 Å². The Balaban J connectivity index is 1.83. The zero-order valence-corrected chi connectivity index (χ0v) is 18.3. The lowest BCUT2D eigenvalue weighted by molar-refractivity contribution is -0.139. The SMILES string of the molecule is CCOC(=O)CSc1nc2c(c(-c3cccs3)c1C#N)CC/C2=C\c1cccs1. The van der Waals surface area contributed by atoms with Crippen LogP contribution in [0.1, 0.15) is 35.0 Å². The number of pyridine rings is 1. The molecule has 0 spiro atoms. The normalized spacial score (nSPS) is 14.0. The maximum Gasteiger partial charge on any atom is 0.316 e. The summed E-state index contributed by atoms with van der Waals surface area (Å²) in [6, 6.07) is 10.5. The zero-order valence-electron chi connectivity index (χ0n) is 15.8. The monoisotopic (exact) mass is 438 g/mol. The highest BCUT2D eigenvalue weighted by Crippen LogP contribution is 2.44. The first-order chi connectivity index (χ1) is 14.2. The number of thioether (sulfide) groups is 1. The maximum atomic E-state index is 11.9. The number of carbonyl (C=O) groups is 1. The highest BCUT2D eigenvalue weighted by atomic mass is 32.2. The Hall–Kier alpha value is -2.40. The van der Waals surface area contributed by atoms with Gasteiger partial charge in [-0.15, -0.1) is 22.7 Å². The second-order valence-corrected chi connectivity index (χ2v) is 9.25. The molecule has 146 valence electrons. The standard InChI is InChI=1S/C22H18N2O2S3/c1-2-26-19(25)13-29-22-17(12-23)20(18-6-4-10-28-18)16-8-7-14(21(16)24-22)11-15-5-3-9-27-15/h3-6,9-11H,2,7-8,13H2,1H3/b14-11+. The van der Waals surface area contributed by atoms with Crippen LogP contribution in [-0.4, -0.2) is 23.3 Å². The quantitative estimate of drug-likeness (QED) is 0.355. The van der Waals surface area contributed by atoms with Crippen LogP contribution in [0.25, 0.3) is 22.1 Å². The second kappa shape index (κ2) is 8.95. The molecule has 7 heteroatoms. The molecule has 0 unspecified atom stereocenters. The minimum absolute atomic E-state index is 0.141. The van der Waals surface area contributed by atoms with E-state index >= 15 is 0 Å². The minimum atomic E-state index is -0.296. The fourth-order valence-corrected chi connectivity index (χ4v) is 5.68. The van der Waals surface area contributed by atoms with Crippen LogP contribution in [0, 0.1) is 11.3 Å². The van der Waals surface area contributed by atoms with Gasteiger partial charge in [0.25, 0.3) is 0 Å². The van der Waals surface area contributed by atoms with E-state index in [1.54, 1.807) is 29.6 Å². The second-order valence-electron chi connectivity index (χ2n) is 6.36. The third-order valence-corrected chi connectivity index (χ3v) is 7.24. The van der Waals surface area contributed by atoms with E-state index in [4.69, 9.17) is 9.72 Å². The van der Waals surface area contributed by atoms with Crippen molar-refractivity contribution in [2.45, 2.75) is 24.8 Å². The first-order valence-electron chi connectivity index (χ1n) is 9.25. The van der Waals surface area contributed by atoms with Crippen LogP contribution in [0.5, 0.6) is 0 Å². The Bertz CT molecular complexity index is 1090. The van der Waals surface area contributed by atoms with Gasteiger partial charge in [-0.1, -0.05) is 23.9 Å². The molecule has 1 aliphatic rings. The van der Waals surface area contributed by atoms with Crippen molar-refractivity contribution in [3.63, 3.8) is 0 Å². The van der Waals surface area contributed by atoms with E-state index in [2.05, 4.69) is 23.6 Å². The van der Waals surface area contributed by atoms with Crippen LogP contribution >= 0.6 is 34.4 Å². The number of ether oxygens (including phenoxy) is 1. The number of thiophene rings is 2. The predicted molar refractivity (Wildman–Crippen MR) is 120 cm³/mol. The Morgan fingerprint density at radius 3 is 2.83 bits per heavy atom. The number of allylic oxidation sites excluding steroid dienone is 1. The largest absolute Gasteiger partial charge is 0.465 e. The molecule has 3 heterocycles. The van der Waals surface area contributed by atoms with Crippen molar-refractivity contribution in [1.82, 2.24) is 4.98 Å². The van der Waals surface area contributed by atoms with Crippen LogP contribution in [0.3, 0.4) is 0 Å². The summed E-state index contributed by atoms with van der Waals surface area (Å²) >= 11 is 4.60. The van der Waals surface area contributed by atoms with Gasteiger partial charge in [0.1, 0.15) is 11.1 Å². The molecule has 0 fully saturated rings. The molecule has 4 rings (SSSR count). The molecule has 0 bridgehead atoms. The summed E-state index contributed by atoms with van der Waals surface area (Å²) in [4.78, 5) is 19.0. The van der Waals surface area contributed by atoms with Crippen LogP contribution in [0.2, 0.25) is 0 Å². The molecule has 0 atom stereocenters. The molecule has 0 saturated carbocycles. The third-order valence-electron chi connectivity index (χ3n) is 4.58. The molecule has 4 nitrogen and oxygen atoms in total. The molecule has 0 aromatic carbocycles. The van der Waals surface area contributed by atoms with Crippen LogP contribution in [0.4, 0.5) is 0 Å². The molecular formula is C22H18N2O2S3. The van der Waals surface area contributed by atoms with Gasteiger partial charge in [0.15, 0.2) is 0 Å². The number of fused-ring (bicyclic) bond motifs is 1. The maximum absolute atomic E-state index is 11.9. The third kappa shape index (κ3) is 4.15. The number of hydrogen-bond donors (Lipinski definition) is 0.